The summed E-state index contributed by atoms with van der Waals surface area (Å²) in [5.41, 5.74) is 1.65. The maximum atomic E-state index is 13.1. The number of carbonyl (C=O) groups excluding carboxylic acids is 2. The Balaban J connectivity index is 1.46. The van der Waals surface area contributed by atoms with Crippen molar-refractivity contribution in [1.82, 2.24) is 9.80 Å². The topological polar surface area (TPSA) is 40.6 Å². The molecular formula is C19H22F2N2O2. The van der Waals surface area contributed by atoms with Crippen molar-refractivity contribution in [2.24, 2.45) is 5.92 Å². The lowest BCUT2D eigenvalue weighted by Gasteiger charge is -2.44. The van der Waals surface area contributed by atoms with Gasteiger partial charge < -0.3 is 9.80 Å². The Hall–Kier alpha value is -1.98. The van der Waals surface area contributed by atoms with Crippen LogP contribution >= 0.6 is 0 Å². The largest absolute Gasteiger partial charge is 0.338 e. The normalized spacial score (nSPS) is 28.0. The van der Waals surface area contributed by atoms with Crippen LogP contribution < -0.4 is 0 Å². The molecule has 3 fully saturated rings. The molecule has 2 bridgehead atoms. The smallest absolute Gasteiger partial charge is 0.254 e. The Morgan fingerprint density at radius 2 is 1.68 bits per heavy atom. The van der Waals surface area contributed by atoms with Gasteiger partial charge in [0.1, 0.15) is 0 Å². The summed E-state index contributed by atoms with van der Waals surface area (Å²) in [6.07, 6.45) is 1.08. The van der Waals surface area contributed by atoms with Gasteiger partial charge in [-0.1, -0.05) is 18.2 Å². The minimum atomic E-state index is -2.68. The number of alkyl halides is 2. The fourth-order valence-corrected chi connectivity index (χ4v) is 4.46. The van der Waals surface area contributed by atoms with Crippen molar-refractivity contribution in [3.8, 4) is 0 Å². The predicted octanol–water partition coefficient (Wildman–Crippen LogP) is 2.86. The van der Waals surface area contributed by atoms with E-state index in [1.54, 1.807) is 4.90 Å². The molecule has 0 radical (unpaired) electrons. The third kappa shape index (κ3) is 2.81. The average Bonchev–Trinajstić information content (AvgIpc) is 2.81. The van der Waals surface area contributed by atoms with Crippen molar-refractivity contribution in [3.05, 3.63) is 35.4 Å². The van der Waals surface area contributed by atoms with E-state index in [0.717, 1.165) is 18.4 Å². The Labute approximate surface area is 145 Å². The first-order valence-electron chi connectivity index (χ1n) is 8.90. The lowest BCUT2D eigenvalue weighted by molar-refractivity contribution is -0.162. The number of rotatable bonds is 2. The molecule has 1 aliphatic carbocycles. The number of aryl methyl sites for hydroxylation is 1. The lowest BCUT2D eigenvalue weighted by atomic mass is 9.80. The molecule has 4 nitrogen and oxygen atoms in total. The van der Waals surface area contributed by atoms with E-state index in [-0.39, 0.29) is 36.7 Å². The van der Waals surface area contributed by atoms with Gasteiger partial charge in [-0.05, 0) is 31.4 Å². The Bertz CT molecular complexity index is 699. The number of hydrogen-bond acceptors (Lipinski definition) is 2. The van der Waals surface area contributed by atoms with Crippen molar-refractivity contribution >= 4 is 11.8 Å². The molecule has 2 unspecified atom stereocenters. The van der Waals surface area contributed by atoms with Gasteiger partial charge in [0, 0.05) is 37.4 Å². The highest BCUT2D eigenvalue weighted by atomic mass is 19.3. The molecule has 2 aliphatic heterocycles. The summed E-state index contributed by atoms with van der Waals surface area (Å²) in [4.78, 5) is 29.1. The monoisotopic (exact) mass is 348 g/mol. The van der Waals surface area contributed by atoms with Crippen LogP contribution in [0.2, 0.25) is 0 Å². The number of nitrogens with zero attached hydrogens (tertiary/aromatic N) is 2. The standard InChI is InChI=1S/C19H22F2N2O2/c1-12-4-2-3-5-16(12)18(25)23-14-6-7-15(23)11-22(10-14)17(24)13-8-19(20,21)9-13/h2-5,13-15H,6-11H2,1H3. The van der Waals surface area contributed by atoms with E-state index in [0.29, 0.717) is 18.7 Å². The maximum Gasteiger partial charge on any atom is 0.254 e. The molecule has 0 aromatic heterocycles. The first-order valence-corrected chi connectivity index (χ1v) is 8.90. The summed E-state index contributed by atoms with van der Waals surface area (Å²) < 4.78 is 26.1. The number of hydrogen-bond donors (Lipinski definition) is 0. The van der Waals surface area contributed by atoms with E-state index in [9.17, 15) is 18.4 Å². The zero-order valence-electron chi connectivity index (χ0n) is 14.3. The molecule has 2 amide bonds. The first-order chi connectivity index (χ1) is 11.9. The molecule has 1 aromatic rings. The molecule has 2 heterocycles. The number of piperazine rings is 1. The quantitative estimate of drug-likeness (QED) is 0.825. The minimum Gasteiger partial charge on any atom is -0.338 e. The molecular weight excluding hydrogens is 326 g/mol. The van der Waals surface area contributed by atoms with E-state index in [4.69, 9.17) is 0 Å². The fraction of sp³-hybridized carbons (Fsp3) is 0.579. The summed E-state index contributed by atoms with van der Waals surface area (Å²) >= 11 is 0. The number of halogens is 2. The van der Waals surface area contributed by atoms with E-state index in [2.05, 4.69) is 0 Å². The lowest BCUT2D eigenvalue weighted by Crippen LogP contribution is -2.59. The summed E-state index contributed by atoms with van der Waals surface area (Å²) in [7, 11) is 0. The van der Waals surface area contributed by atoms with E-state index in [1.165, 1.54) is 0 Å². The molecule has 1 saturated carbocycles. The van der Waals surface area contributed by atoms with E-state index in [1.807, 2.05) is 36.1 Å². The van der Waals surface area contributed by atoms with Gasteiger partial charge in [0.15, 0.2) is 0 Å². The van der Waals surface area contributed by atoms with Crippen LogP contribution in [-0.4, -0.2) is 52.7 Å². The van der Waals surface area contributed by atoms with Gasteiger partial charge in [-0.15, -0.1) is 0 Å². The molecule has 134 valence electrons. The van der Waals surface area contributed by atoms with Gasteiger partial charge in [-0.3, -0.25) is 9.59 Å². The summed E-state index contributed by atoms with van der Waals surface area (Å²) in [6.45, 7) is 2.86. The second-order valence-electron chi connectivity index (χ2n) is 7.62. The molecule has 1 aromatic carbocycles. The first kappa shape index (κ1) is 16.5. The highest BCUT2D eigenvalue weighted by Crippen LogP contribution is 2.44. The number of fused-ring (bicyclic) bond motifs is 2. The Morgan fingerprint density at radius 1 is 1.08 bits per heavy atom. The third-order valence-corrected chi connectivity index (χ3v) is 5.84. The highest BCUT2D eigenvalue weighted by molar-refractivity contribution is 5.96. The third-order valence-electron chi connectivity index (χ3n) is 5.84. The molecule has 0 spiro atoms. The summed E-state index contributed by atoms with van der Waals surface area (Å²) in [5, 5.41) is 0. The van der Waals surface area contributed by atoms with Gasteiger partial charge in [0.05, 0.1) is 12.1 Å². The predicted molar refractivity (Wildman–Crippen MR) is 88.4 cm³/mol. The van der Waals surface area contributed by atoms with Gasteiger partial charge in [-0.2, -0.15) is 0 Å². The number of carbonyl (C=O) groups is 2. The second-order valence-corrected chi connectivity index (χ2v) is 7.62. The Morgan fingerprint density at radius 3 is 2.24 bits per heavy atom. The fourth-order valence-electron chi connectivity index (χ4n) is 4.46. The van der Waals surface area contributed by atoms with Crippen LogP contribution in [-0.2, 0) is 4.79 Å². The van der Waals surface area contributed by atoms with Crippen molar-refractivity contribution in [3.63, 3.8) is 0 Å². The zero-order chi connectivity index (χ0) is 17.8. The highest BCUT2D eigenvalue weighted by Gasteiger charge is 2.52. The number of amides is 2. The van der Waals surface area contributed by atoms with Crippen LogP contribution in [0.15, 0.2) is 24.3 Å². The number of likely N-dealkylation sites (tertiary alicyclic amines) is 1. The van der Waals surface area contributed by atoms with Crippen molar-refractivity contribution < 1.29 is 18.4 Å². The molecule has 25 heavy (non-hydrogen) atoms. The van der Waals surface area contributed by atoms with Crippen LogP contribution in [0, 0.1) is 12.8 Å². The van der Waals surface area contributed by atoms with Gasteiger partial charge in [0.2, 0.25) is 11.8 Å². The van der Waals surface area contributed by atoms with Gasteiger partial charge >= 0.3 is 0 Å². The SMILES string of the molecule is Cc1ccccc1C(=O)N1C2CCC1CN(C(=O)C1CC(F)(F)C1)C2. The molecule has 3 aliphatic rings. The molecule has 0 N–H and O–H groups in total. The summed E-state index contributed by atoms with van der Waals surface area (Å²) in [6, 6.07) is 7.52. The van der Waals surface area contributed by atoms with Crippen LogP contribution in [0.3, 0.4) is 0 Å². The van der Waals surface area contributed by atoms with Crippen LogP contribution in [0.1, 0.15) is 41.6 Å². The molecule has 4 rings (SSSR count). The van der Waals surface area contributed by atoms with Crippen LogP contribution in [0.5, 0.6) is 0 Å². The van der Waals surface area contributed by atoms with Crippen LogP contribution in [0.25, 0.3) is 0 Å². The van der Waals surface area contributed by atoms with Gasteiger partial charge in [0.25, 0.3) is 5.91 Å². The van der Waals surface area contributed by atoms with E-state index >= 15 is 0 Å². The van der Waals surface area contributed by atoms with Crippen molar-refractivity contribution in [1.29, 1.82) is 0 Å². The molecule has 2 atom stereocenters. The number of benzene rings is 1. The average molecular weight is 348 g/mol. The maximum absolute atomic E-state index is 13.1. The van der Waals surface area contributed by atoms with Crippen molar-refractivity contribution in [2.45, 2.75) is 50.6 Å². The zero-order valence-corrected chi connectivity index (χ0v) is 14.3. The molecule has 6 heteroatoms. The minimum absolute atomic E-state index is 0.00427. The van der Waals surface area contributed by atoms with Crippen molar-refractivity contribution in [2.75, 3.05) is 13.1 Å². The Kier molecular flexibility index (Phi) is 3.81. The van der Waals surface area contributed by atoms with Gasteiger partial charge in [-0.25, -0.2) is 8.78 Å². The summed E-state index contributed by atoms with van der Waals surface area (Å²) in [5.74, 6) is -3.37. The van der Waals surface area contributed by atoms with Crippen LogP contribution in [0.4, 0.5) is 8.78 Å². The second kappa shape index (κ2) is 5.78. The molecule has 2 saturated heterocycles. The van der Waals surface area contributed by atoms with E-state index < -0.39 is 11.8 Å².